The number of aliphatic hydroxyl groups is 1. The van der Waals surface area contributed by atoms with Gasteiger partial charge in [-0.25, -0.2) is 14.6 Å². The van der Waals surface area contributed by atoms with Gasteiger partial charge in [0.15, 0.2) is 16.3 Å². The van der Waals surface area contributed by atoms with Crippen molar-refractivity contribution in [3.05, 3.63) is 16.7 Å². The van der Waals surface area contributed by atoms with Gasteiger partial charge in [-0.3, -0.25) is 28.4 Å². The highest BCUT2D eigenvalue weighted by molar-refractivity contribution is 8.13. The van der Waals surface area contributed by atoms with Crippen LogP contribution < -0.4 is 16.4 Å². The van der Waals surface area contributed by atoms with Crippen LogP contribution in [0.1, 0.15) is 48.0 Å². The molecule has 15 nitrogen and oxygen atoms in total. The molecule has 1 unspecified atom stereocenters. The molecule has 0 saturated carbocycles. The van der Waals surface area contributed by atoms with E-state index in [0.717, 1.165) is 11.8 Å². The maximum atomic E-state index is 13.7. The first-order valence-electron chi connectivity index (χ1n) is 13.7. The van der Waals surface area contributed by atoms with Crippen molar-refractivity contribution in [2.75, 3.05) is 31.3 Å². The smallest absolute Gasteiger partial charge is 0.406 e. The Morgan fingerprint density at radius 1 is 1.36 bits per heavy atom. The third kappa shape index (κ3) is 9.09. The Hall–Kier alpha value is -2.33. The van der Waals surface area contributed by atoms with Crippen molar-refractivity contribution >= 4 is 47.7 Å². The third-order valence-corrected chi connectivity index (χ3v) is 9.42. The van der Waals surface area contributed by atoms with Crippen LogP contribution >= 0.6 is 19.5 Å². The number of ether oxygens (including phenoxy) is 2. The summed E-state index contributed by atoms with van der Waals surface area (Å²) in [5.41, 5.74) is 4.85. The van der Waals surface area contributed by atoms with Crippen molar-refractivity contribution in [2.45, 2.75) is 78.9 Å². The Labute approximate surface area is 248 Å². The summed E-state index contributed by atoms with van der Waals surface area (Å²) >= 11 is 0.944. The average Bonchev–Trinajstić information content (AvgIpc) is 3.47. The number of nitrogens with one attached hydrogen (secondary N) is 2. The molecule has 0 aliphatic carbocycles. The molecule has 236 valence electrons. The van der Waals surface area contributed by atoms with E-state index in [4.69, 9.17) is 24.3 Å². The van der Waals surface area contributed by atoms with E-state index in [9.17, 15) is 24.1 Å². The molecule has 42 heavy (non-hydrogen) atoms. The highest BCUT2D eigenvalue weighted by Crippen LogP contribution is 2.45. The Kier molecular flexibility index (Phi) is 11.7. The molecule has 1 saturated heterocycles. The molecule has 2 aromatic heterocycles. The molecule has 0 bridgehead atoms. The molecular formula is C25H41N6O9PS. The first kappa shape index (κ1) is 34.2. The largest absolute Gasteiger partial charge is 0.462 e. The van der Waals surface area contributed by atoms with E-state index in [1.165, 1.54) is 13.3 Å². The summed E-state index contributed by atoms with van der Waals surface area (Å²) in [6.07, 6.45) is 0.977. The van der Waals surface area contributed by atoms with Gasteiger partial charge in [0.1, 0.15) is 6.04 Å². The number of carbonyl (C=O) groups is 2. The van der Waals surface area contributed by atoms with Crippen molar-refractivity contribution in [1.82, 2.24) is 24.6 Å². The molecule has 0 spiro atoms. The number of anilines is 1. The van der Waals surface area contributed by atoms with Crippen LogP contribution in [0.15, 0.2) is 11.1 Å². The highest BCUT2D eigenvalue weighted by Gasteiger charge is 2.37. The Morgan fingerprint density at radius 3 is 2.74 bits per heavy atom. The molecule has 5 N–H and O–H groups in total. The minimum absolute atomic E-state index is 0.0180. The topological polar surface area (TPSA) is 210 Å². The fourth-order valence-corrected chi connectivity index (χ4v) is 6.53. The third-order valence-electron chi connectivity index (χ3n) is 6.52. The lowest BCUT2D eigenvalue weighted by Crippen LogP contribution is -2.36. The minimum atomic E-state index is -4.05. The Balaban J connectivity index is 1.63. The first-order chi connectivity index (χ1) is 19.6. The van der Waals surface area contributed by atoms with Crippen molar-refractivity contribution in [3.8, 4) is 0 Å². The number of thioether (sulfide) groups is 1. The predicted molar refractivity (Wildman–Crippen MR) is 157 cm³/mol. The number of aliphatic hydroxyl groups excluding tert-OH is 1. The number of H-pyrrole nitrogens is 1. The summed E-state index contributed by atoms with van der Waals surface area (Å²) in [6, 6.07) is -1.00. The summed E-state index contributed by atoms with van der Waals surface area (Å²) in [6.45, 7) is 9.94. The molecular weight excluding hydrogens is 591 g/mol. The van der Waals surface area contributed by atoms with Gasteiger partial charge >= 0.3 is 13.7 Å². The van der Waals surface area contributed by atoms with Crippen LogP contribution in [0, 0.1) is 11.3 Å². The second-order valence-electron chi connectivity index (χ2n) is 11.2. The zero-order valence-corrected chi connectivity index (χ0v) is 26.4. The van der Waals surface area contributed by atoms with E-state index < -0.39 is 36.8 Å². The monoisotopic (exact) mass is 632 g/mol. The predicted octanol–water partition coefficient (Wildman–Crippen LogP) is 1.84. The van der Waals surface area contributed by atoms with Crippen LogP contribution in [-0.2, 0) is 39.2 Å². The number of carbonyl (C=O) groups excluding carboxylic acids is 2. The fourth-order valence-electron chi connectivity index (χ4n) is 4.10. The standard InChI is InChI=1S/C25H41N6O9PS/c1-14(2)39-22(34)16(4)30-41(36,37-7-8-42-23(35)25(5,6)12-32)38-11-17-9-15(3)18(40-17)10-31-13-27-19-20(31)28-24(26)29-21(19)33/h13-18,32H,7-12H2,1-6H3,(H,30,36)(H3,26,28,29,33)/t15-,16+,17-,18-,41?/m0/s1. The van der Waals surface area contributed by atoms with Crippen molar-refractivity contribution in [3.63, 3.8) is 0 Å². The Bertz CT molecular complexity index is 1350. The van der Waals surface area contributed by atoms with Gasteiger partial charge in [-0.1, -0.05) is 18.7 Å². The summed E-state index contributed by atoms with van der Waals surface area (Å²) in [4.78, 5) is 47.5. The van der Waals surface area contributed by atoms with Gasteiger partial charge in [0.2, 0.25) is 5.95 Å². The van der Waals surface area contributed by atoms with Gasteiger partial charge in [0.25, 0.3) is 5.56 Å². The molecule has 5 atom stereocenters. The molecule has 1 fully saturated rings. The first-order valence-corrected chi connectivity index (χ1v) is 16.2. The van der Waals surface area contributed by atoms with Gasteiger partial charge in [-0.05, 0) is 47.0 Å². The zero-order valence-electron chi connectivity index (χ0n) is 24.7. The van der Waals surface area contributed by atoms with E-state index in [2.05, 4.69) is 20.0 Å². The lowest BCUT2D eigenvalue weighted by atomic mass is 9.97. The maximum Gasteiger partial charge on any atom is 0.406 e. The van der Waals surface area contributed by atoms with E-state index in [-0.39, 0.29) is 60.3 Å². The van der Waals surface area contributed by atoms with Crippen LogP contribution in [0.4, 0.5) is 5.95 Å². The molecule has 3 rings (SSSR count). The molecule has 0 amide bonds. The van der Waals surface area contributed by atoms with Crippen LogP contribution in [0.3, 0.4) is 0 Å². The lowest BCUT2D eigenvalue weighted by Gasteiger charge is -2.24. The van der Waals surface area contributed by atoms with Crippen molar-refractivity contribution < 1.29 is 37.8 Å². The van der Waals surface area contributed by atoms with Crippen LogP contribution in [0.25, 0.3) is 11.2 Å². The van der Waals surface area contributed by atoms with Crippen molar-refractivity contribution in [1.29, 1.82) is 0 Å². The number of aromatic amines is 1. The van der Waals surface area contributed by atoms with E-state index in [1.54, 1.807) is 32.3 Å². The van der Waals surface area contributed by atoms with E-state index in [1.807, 2.05) is 6.92 Å². The van der Waals surface area contributed by atoms with Gasteiger partial charge < -0.3 is 24.9 Å². The average molecular weight is 633 g/mol. The molecule has 17 heteroatoms. The normalized spacial score (nSPS) is 21.5. The number of nitrogens with two attached hydrogens (primary N) is 1. The number of nitrogen functional groups attached to an aromatic ring is 1. The lowest BCUT2D eigenvalue weighted by molar-refractivity contribution is -0.149. The molecule has 3 heterocycles. The number of hydrogen-bond donors (Lipinski definition) is 4. The molecule has 2 aromatic rings. The summed E-state index contributed by atoms with van der Waals surface area (Å²) in [7, 11) is -4.05. The van der Waals surface area contributed by atoms with Crippen LogP contribution in [-0.4, -0.2) is 85.6 Å². The molecule has 0 aromatic carbocycles. The number of hydrogen-bond acceptors (Lipinski definition) is 13. The fraction of sp³-hybridized carbons (Fsp3) is 0.720. The summed E-state index contributed by atoms with van der Waals surface area (Å²) in [5, 5.41) is 11.8. The second kappa shape index (κ2) is 14.4. The quantitative estimate of drug-likeness (QED) is 0.125. The Morgan fingerprint density at radius 2 is 2.07 bits per heavy atom. The maximum absolute atomic E-state index is 13.7. The van der Waals surface area contributed by atoms with Crippen LogP contribution in [0.2, 0.25) is 0 Å². The second-order valence-corrected chi connectivity index (χ2v) is 14.0. The number of rotatable bonds is 15. The van der Waals surface area contributed by atoms with E-state index >= 15 is 0 Å². The SMILES string of the molecule is CC(C)OC(=O)[C@@H](C)NP(=O)(OCCSC(=O)C(C)(C)CO)OC[C@@H]1C[C@H](C)[C@H](Cn2cnc3c(=O)[nH]c(N)nc32)O1. The number of imidazole rings is 1. The van der Waals surface area contributed by atoms with Gasteiger partial charge in [-0.2, -0.15) is 4.98 Å². The van der Waals surface area contributed by atoms with E-state index in [0.29, 0.717) is 18.6 Å². The van der Waals surface area contributed by atoms with Crippen LogP contribution in [0.5, 0.6) is 0 Å². The summed E-state index contributed by atoms with van der Waals surface area (Å²) in [5.74, 6) is -0.420. The molecule has 1 aliphatic rings. The van der Waals surface area contributed by atoms with Gasteiger partial charge in [0.05, 0.1) is 56.4 Å². The number of esters is 1. The molecule has 1 aliphatic heterocycles. The molecule has 0 radical (unpaired) electrons. The number of aromatic nitrogens is 4. The highest BCUT2D eigenvalue weighted by atomic mass is 32.2. The summed E-state index contributed by atoms with van der Waals surface area (Å²) < 4.78 is 38.1. The van der Waals surface area contributed by atoms with Crippen molar-refractivity contribution in [2.24, 2.45) is 11.3 Å². The van der Waals surface area contributed by atoms with Gasteiger partial charge in [0, 0.05) is 5.75 Å². The number of fused-ring (bicyclic) bond motifs is 1. The minimum Gasteiger partial charge on any atom is -0.462 e. The zero-order chi connectivity index (χ0) is 31.2. The van der Waals surface area contributed by atoms with Gasteiger partial charge in [-0.15, -0.1) is 0 Å². The number of nitrogens with zero attached hydrogens (tertiary/aromatic N) is 3.